The van der Waals surface area contributed by atoms with E-state index in [1.165, 1.54) is 44.4 Å². The second-order valence-electron chi connectivity index (χ2n) is 4.81. The van der Waals surface area contributed by atoms with Crippen molar-refractivity contribution in [1.29, 1.82) is 0 Å². The Labute approximate surface area is 103 Å². The van der Waals surface area contributed by atoms with Crippen LogP contribution in [0.2, 0.25) is 0 Å². The van der Waals surface area contributed by atoms with Gasteiger partial charge in [0.15, 0.2) is 5.96 Å². The normalized spacial score (nSPS) is 25.9. The maximum Gasteiger partial charge on any atom is 0.193 e. The first kappa shape index (κ1) is 12.1. The van der Waals surface area contributed by atoms with Gasteiger partial charge in [-0.05, 0) is 12.8 Å². The largest absolute Gasteiger partial charge is 0.359 e. The van der Waals surface area contributed by atoms with Crippen molar-refractivity contribution < 1.29 is 0 Å². The van der Waals surface area contributed by atoms with Gasteiger partial charge in [0.2, 0.25) is 0 Å². The minimum absolute atomic E-state index is 0.531. The minimum atomic E-state index is 0.531. The van der Waals surface area contributed by atoms with E-state index in [9.17, 15) is 0 Å². The van der Waals surface area contributed by atoms with Crippen LogP contribution in [0.25, 0.3) is 0 Å². The highest BCUT2D eigenvalue weighted by Gasteiger charge is 2.37. The van der Waals surface area contributed by atoms with E-state index in [2.05, 4.69) is 27.0 Å². The average molecular weight is 241 g/mol. The highest BCUT2D eigenvalue weighted by Crippen LogP contribution is 2.42. The Bertz CT molecular complexity index is 253. The van der Waals surface area contributed by atoms with E-state index in [1.807, 2.05) is 14.1 Å². The van der Waals surface area contributed by atoms with Gasteiger partial charge in [-0.3, -0.25) is 4.99 Å². The Morgan fingerprint density at radius 3 is 2.69 bits per heavy atom. The number of nitrogens with one attached hydrogen (secondary N) is 1. The van der Waals surface area contributed by atoms with E-state index in [-0.39, 0.29) is 0 Å². The number of hydrogen-bond acceptors (Lipinski definition) is 2. The molecule has 1 aliphatic heterocycles. The van der Waals surface area contributed by atoms with Gasteiger partial charge in [0.05, 0.1) is 0 Å². The van der Waals surface area contributed by atoms with E-state index in [4.69, 9.17) is 0 Å². The third-order valence-corrected chi connectivity index (χ3v) is 5.28. The van der Waals surface area contributed by atoms with Crippen molar-refractivity contribution in [2.45, 2.75) is 36.9 Å². The molecular formula is C12H23N3S. The second kappa shape index (κ2) is 5.30. The number of nitrogens with zero attached hydrogens (tertiary/aromatic N) is 2. The molecule has 0 amide bonds. The van der Waals surface area contributed by atoms with Crippen LogP contribution in [-0.2, 0) is 0 Å². The summed E-state index contributed by atoms with van der Waals surface area (Å²) in [5, 5.41) is 3.21. The predicted octanol–water partition coefficient (Wildman–Crippen LogP) is 1.94. The van der Waals surface area contributed by atoms with Crippen LogP contribution in [0.3, 0.4) is 0 Å². The van der Waals surface area contributed by atoms with Gasteiger partial charge in [0.1, 0.15) is 0 Å². The fourth-order valence-electron chi connectivity index (χ4n) is 2.94. The molecule has 0 aromatic carbocycles. The van der Waals surface area contributed by atoms with Gasteiger partial charge in [0, 0.05) is 37.7 Å². The van der Waals surface area contributed by atoms with Crippen LogP contribution in [0, 0.1) is 0 Å². The lowest BCUT2D eigenvalue weighted by Crippen LogP contribution is -2.52. The molecule has 2 rings (SSSR count). The fraction of sp³-hybridized carbons (Fsp3) is 0.917. The van der Waals surface area contributed by atoms with Crippen molar-refractivity contribution in [3.8, 4) is 0 Å². The molecular weight excluding hydrogens is 218 g/mol. The lowest BCUT2D eigenvalue weighted by Gasteiger charge is -2.45. The van der Waals surface area contributed by atoms with Crippen molar-refractivity contribution in [2.75, 3.05) is 32.9 Å². The van der Waals surface area contributed by atoms with Crippen molar-refractivity contribution in [1.82, 2.24) is 10.2 Å². The van der Waals surface area contributed by atoms with Gasteiger partial charge in [0.25, 0.3) is 0 Å². The number of thioether (sulfide) groups is 1. The Morgan fingerprint density at radius 2 is 2.06 bits per heavy atom. The van der Waals surface area contributed by atoms with Crippen LogP contribution < -0.4 is 5.32 Å². The summed E-state index contributed by atoms with van der Waals surface area (Å²) in [5.74, 6) is 2.31. The number of hydrogen-bond donors (Lipinski definition) is 1. The molecule has 4 heteroatoms. The van der Waals surface area contributed by atoms with E-state index in [0.717, 1.165) is 12.5 Å². The maximum atomic E-state index is 4.33. The van der Waals surface area contributed by atoms with Crippen LogP contribution in [0.4, 0.5) is 0 Å². The number of aliphatic imine (C=N–C) groups is 1. The SMILES string of the molecule is CN=C(NC)N1CCSC2(CCCCC2)C1. The quantitative estimate of drug-likeness (QED) is 0.519. The van der Waals surface area contributed by atoms with Crippen LogP contribution in [0.15, 0.2) is 4.99 Å². The highest BCUT2D eigenvalue weighted by molar-refractivity contribution is 8.00. The number of rotatable bonds is 0. The molecule has 0 atom stereocenters. The molecule has 0 bridgehead atoms. The smallest absolute Gasteiger partial charge is 0.193 e. The third-order valence-electron chi connectivity index (χ3n) is 3.75. The molecule has 1 N–H and O–H groups in total. The molecule has 1 spiro atoms. The topological polar surface area (TPSA) is 27.6 Å². The fourth-order valence-corrected chi connectivity index (χ4v) is 4.50. The zero-order valence-corrected chi connectivity index (χ0v) is 11.3. The molecule has 1 saturated carbocycles. The van der Waals surface area contributed by atoms with E-state index in [1.54, 1.807) is 0 Å². The zero-order valence-electron chi connectivity index (χ0n) is 10.5. The van der Waals surface area contributed by atoms with Crippen LogP contribution in [0.5, 0.6) is 0 Å². The van der Waals surface area contributed by atoms with E-state index in [0.29, 0.717) is 4.75 Å². The average Bonchev–Trinajstić information content (AvgIpc) is 2.32. The lowest BCUT2D eigenvalue weighted by molar-refractivity contribution is 0.294. The van der Waals surface area contributed by atoms with Gasteiger partial charge in [-0.15, -0.1) is 0 Å². The first-order valence-electron chi connectivity index (χ1n) is 6.33. The Balaban J connectivity index is 2.02. The molecule has 1 heterocycles. The van der Waals surface area contributed by atoms with Gasteiger partial charge in [-0.1, -0.05) is 19.3 Å². The standard InChI is InChI=1S/C12H23N3S/c1-13-11(14-2)15-8-9-16-12(10-15)6-4-3-5-7-12/h3-10H2,1-2H3,(H,13,14). The molecule has 1 aliphatic carbocycles. The summed E-state index contributed by atoms with van der Waals surface area (Å²) in [7, 11) is 3.85. The van der Waals surface area contributed by atoms with Gasteiger partial charge < -0.3 is 10.2 Å². The van der Waals surface area contributed by atoms with Crippen LogP contribution >= 0.6 is 11.8 Å². The van der Waals surface area contributed by atoms with Crippen LogP contribution in [0.1, 0.15) is 32.1 Å². The molecule has 92 valence electrons. The number of guanidine groups is 1. The first-order chi connectivity index (χ1) is 7.79. The molecule has 2 aliphatic rings. The molecule has 2 fully saturated rings. The van der Waals surface area contributed by atoms with E-state index < -0.39 is 0 Å². The summed E-state index contributed by atoms with van der Waals surface area (Å²) in [6, 6.07) is 0. The Hall–Kier alpha value is -0.380. The molecule has 0 aromatic heterocycles. The predicted molar refractivity (Wildman–Crippen MR) is 72.3 cm³/mol. The van der Waals surface area contributed by atoms with Crippen molar-refractivity contribution >= 4 is 17.7 Å². The summed E-state index contributed by atoms with van der Waals surface area (Å²) in [4.78, 5) is 6.76. The Kier molecular flexibility index (Phi) is 4.00. The second-order valence-corrected chi connectivity index (χ2v) is 6.37. The van der Waals surface area contributed by atoms with Crippen molar-refractivity contribution in [3.05, 3.63) is 0 Å². The maximum absolute atomic E-state index is 4.33. The lowest BCUT2D eigenvalue weighted by atomic mass is 9.87. The molecule has 0 aromatic rings. The molecule has 16 heavy (non-hydrogen) atoms. The van der Waals surface area contributed by atoms with Crippen LogP contribution in [-0.4, -0.2) is 48.5 Å². The van der Waals surface area contributed by atoms with Gasteiger partial charge in [-0.2, -0.15) is 11.8 Å². The summed E-state index contributed by atoms with van der Waals surface area (Å²) in [5.41, 5.74) is 0. The van der Waals surface area contributed by atoms with Crippen molar-refractivity contribution in [3.63, 3.8) is 0 Å². The molecule has 3 nitrogen and oxygen atoms in total. The molecule has 0 radical (unpaired) electrons. The summed E-state index contributed by atoms with van der Waals surface area (Å²) >= 11 is 2.20. The third kappa shape index (κ3) is 2.47. The highest BCUT2D eigenvalue weighted by atomic mass is 32.2. The monoisotopic (exact) mass is 241 g/mol. The summed E-state index contributed by atoms with van der Waals surface area (Å²) < 4.78 is 0.531. The summed E-state index contributed by atoms with van der Waals surface area (Å²) in [6.07, 6.45) is 7.06. The summed E-state index contributed by atoms with van der Waals surface area (Å²) in [6.45, 7) is 2.32. The van der Waals surface area contributed by atoms with E-state index >= 15 is 0 Å². The Morgan fingerprint density at radius 1 is 1.31 bits per heavy atom. The van der Waals surface area contributed by atoms with Gasteiger partial charge in [-0.25, -0.2) is 0 Å². The first-order valence-corrected chi connectivity index (χ1v) is 7.32. The van der Waals surface area contributed by atoms with Crippen molar-refractivity contribution in [2.24, 2.45) is 4.99 Å². The van der Waals surface area contributed by atoms with Gasteiger partial charge >= 0.3 is 0 Å². The zero-order chi connectivity index (χ0) is 11.4. The molecule has 1 saturated heterocycles. The minimum Gasteiger partial charge on any atom is -0.359 e. The molecule has 0 unspecified atom stereocenters.